The minimum Gasteiger partial charge on any atom is -0.460 e. The van der Waals surface area contributed by atoms with Gasteiger partial charge in [-0.15, -0.1) is 0 Å². The Hall–Kier alpha value is -1.56. The third kappa shape index (κ3) is 2.12. The Morgan fingerprint density at radius 3 is 2.76 bits per heavy atom. The SMILES string of the molecule is CCOC(=O)C(=O)c1ccc(Br)c2c1OCO2. The Kier molecular flexibility index (Phi) is 3.33. The van der Waals surface area contributed by atoms with E-state index in [0.29, 0.717) is 10.2 Å². The number of esters is 1. The van der Waals surface area contributed by atoms with Crippen LogP contribution in [-0.4, -0.2) is 25.2 Å². The molecule has 0 N–H and O–H groups in total. The number of hydrogen-bond acceptors (Lipinski definition) is 5. The highest BCUT2D eigenvalue weighted by molar-refractivity contribution is 9.10. The van der Waals surface area contributed by atoms with Crippen molar-refractivity contribution in [2.45, 2.75) is 6.92 Å². The van der Waals surface area contributed by atoms with Gasteiger partial charge in [-0.3, -0.25) is 4.79 Å². The van der Waals surface area contributed by atoms with E-state index in [2.05, 4.69) is 20.7 Å². The molecule has 1 aromatic rings. The molecule has 6 heteroatoms. The maximum Gasteiger partial charge on any atom is 0.379 e. The highest BCUT2D eigenvalue weighted by atomic mass is 79.9. The fraction of sp³-hybridized carbons (Fsp3) is 0.273. The van der Waals surface area contributed by atoms with E-state index in [1.165, 1.54) is 6.07 Å². The fourth-order valence-electron chi connectivity index (χ4n) is 1.45. The summed E-state index contributed by atoms with van der Waals surface area (Å²) in [7, 11) is 0. The van der Waals surface area contributed by atoms with Crippen molar-refractivity contribution in [3.63, 3.8) is 0 Å². The molecule has 0 amide bonds. The van der Waals surface area contributed by atoms with Crippen molar-refractivity contribution in [2.24, 2.45) is 0 Å². The van der Waals surface area contributed by atoms with Gasteiger partial charge in [-0.05, 0) is 35.0 Å². The number of halogens is 1. The standard InChI is InChI=1S/C11H9BrO5/c1-2-15-11(14)8(13)6-3-4-7(12)10-9(6)16-5-17-10/h3-4H,2,5H2,1H3. The molecule has 0 saturated heterocycles. The second kappa shape index (κ2) is 4.75. The summed E-state index contributed by atoms with van der Waals surface area (Å²) in [5.74, 6) is -0.925. The molecule has 5 nitrogen and oxygen atoms in total. The number of Topliss-reactive ketones (excluding diaryl/α,β-unsaturated/α-hetero) is 1. The number of ether oxygens (including phenoxy) is 3. The van der Waals surface area contributed by atoms with Crippen molar-refractivity contribution >= 4 is 27.7 Å². The second-order valence-corrected chi connectivity index (χ2v) is 4.06. The van der Waals surface area contributed by atoms with Crippen molar-refractivity contribution in [3.8, 4) is 11.5 Å². The van der Waals surface area contributed by atoms with Crippen LogP contribution in [0.25, 0.3) is 0 Å². The predicted molar refractivity (Wildman–Crippen MR) is 61.2 cm³/mol. The van der Waals surface area contributed by atoms with Gasteiger partial charge in [0.25, 0.3) is 5.78 Å². The smallest absolute Gasteiger partial charge is 0.379 e. The number of ketones is 1. The highest BCUT2D eigenvalue weighted by Crippen LogP contribution is 2.41. The van der Waals surface area contributed by atoms with Gasteiger partial charge in [0.1, 0.15) is 0 Å². The Labute approximate surface area is 106 Å². The lowest BCUT2D eigenvalue weighted by Gasteiger charge is -2.05. The first kappa shape index (κ1) is 11.9. The number of carbonyl (C=O) groups is 2. The van der Waals surface area contributed by atoms with E-state index >= 15 is 0 Å². The summed E-state index contributed by atoms with van der Waals surface area (Å²) in [6.45, 7) is 1.82. The van der Waals surface area contributed by atoms with E-state index in [9.17, 15) is 9.59 Å². The number of hydrogen-bond donors (Lipinski definition) is 0. The van der Waals surface area contributed by atoms with Crippen LogP contribution in [0.5, 0.6) is 11.5 Å². The minimum atomic E-state index is -0.896. The van der Waals surface area contributed by atoms with Crippen LogP contribution in [0.3, 0.4) is 0 Å². The van der Waals surface area contributed by atoms with Gasteiger partial charge in [-0.1, -0.05) is 0 Å². The monoisotopic (exact) mass is 300 g/mol. The fourth-order valence-corrected chi connectivity index (χ4v) is 1.88. The van der Waals surface area contributed by atoms with Gasteiger partial charge in [0.15, 0.2) is 11.5 Å². The van der Waals surface area contributed by atoms with Crippen LogP contribution in [0.2, 0.25) is 0 Å². The molecule has 0 atom stereocenters. The Balaban J connectivity index is 2.37. The molecule has 2 rings (SSSR count). The number of fused-ring (bicyclic) bond motifs is 1. The molecule has 1 heterocycles. The second-order valence-electron chi connectivity index (χ2n) is 3.21. The van der Waals surface area contributed by atoms with Crippen molar-refractivity contribution < 1.29 is 23.8 Å². The van der Waals surface area contributed by atoms with E-state index < -0.39 is 11.8 Å². The van der Waals surface area contributed by atoms with E-state index in [-0.39, 0.29) is 24.7 Å². The molecule has 1 aliphatic rings. The van der Waals surface area contributed by atoms with E-state index in [1.807, 2.05) is 0 Å². The van der Waals surface area contributed by atoms with E-state index in [1.54, 1.807) is 13.0 Å². The summed E-state index contributed by atoms with van der Waals surface area (Å²) in [6, 6.07) is 3.12. The topological polar surface area (TPSA) is 61.8 Å². The average molecular weight is 301 g/mol. The van der Waals surface area contributed by atoms with Gasteiger partial charge in [0.2, 0.25) is 6.79 Å². The molecule has 0 radical (unpaired) electrons. The number of rotatable bonds is 3. The van der Waals surface area contributed by atoms with Crippen LogP contribution in [0.15, 0.2) is 16.6 Å². The molecular weight excluding hydrogens is 292 g/mol. The summed E-state index contributed by atoms with van der Waals surface area (Å²) in [5, 5.41) is 0. The van der Waals surface area contributed by atoms with Crippen LogP contribution in [-0.2, 0) is 9.53 Å². The third-order valence-corrected chi connectivity index (χ3v) is 2.80. The number of benzene rings is 1. The molecule has 0 spiro atoms. The van der Waals surface area contributed by atoms with Gasteiger partial charge in [0.05, 0.1) is 16.6 Å². The van der Waals surface area contributed by atoms with E-state index in [4.69, 9.17) is 9.47 Å². The van der Waals surface area contributed by atoms with Crippen LogP contribution in [0, 0.1) is 0 Å². The minimum absolute atomic E-state index is 0.0288. The Morgan fingerprint density at radius 2 is 2.06 bits per heavy atom. The summed E-state index contributed by atoms with van der Waals surface area (Å²) in [6.07, 6.45) is 0. The van der Waals surface area contributed by atoms with Crippen molar-refractivity contribution in [2.75, 3.05) is 13.4 Å². The Bertz CT molecular complexity index is 483. The van der Waals surface area contributed by atoms with Crippen LogP contribution in [0.1, 0.15) is 17.3 Å². The summed E-state index contributed by atoms with van der Waals surface area (Å²) in [5.41, 5.74) is 0.152. The van der Waals surface area contributed by atoms with Crippen molar-refractivity contribution in [3.05, 3.63) is 22.2 Å². The quantitative estimate of drug-likeness (QED) is 0.485. The molecule has 1 aromatic carbocycles. The summed E-state index contributed by atoms with van der Waals surface area (Å²) < 4.78 is 15.7. The van der Waals surface area contributed by atoms with Gasteiger partial charge in [0, 0.05) is 0 Å². The largest absolute Gasteiger partial charge is 0.460 e. The van der Waals surface area contributed by atoms with Crippen molar-refractivity contribution in [1.82, 2.24) is 0 Å². The lowest BCUT2D eigenvalue weighted by atomic mass is 10.1. The molecule has 17 heavy (non-hydrogen) atoms. The maximum absolute atomic E-state index is 11.8. The first-order chi connectivity index (χ1) is 8.15. The molecule has 0 saturated carbocycles. The van der Waals surface area contributed by atoms with Crippen molar-refractivity contribution in [1.29, 1.82) is 0 Å². The molecule has 0 bridgehead atoms. The molecule has 0 aliphatic carbocycles. The Morgan fingerprint density at radius 1 is 1.35 bits per heavy atom. The maximum atomic E-state index is 11.8. The molecule has 0 unspecified atom stereocenters. The molecular formula is C11H9BrO5. The third-order valence-electron chi connectivity index (χ3n) is 2.18. The molecule has 0 fully saturated rings. The van der Waals surface area contributed by atoms with Gasteiger partial charge >= 0.3 is 5.97 Å². The molecule has 90 valence electrons. The van der Waals surface area contributed by atoms with Crippen LogP contribution < -0.4 is 9.47 Å². The summed E-state index contributed by atoms with van der Waals surface area (Å²) in [4.78, 5) is 23.1. The predicted octanol–water partition coefficient (Wildman–Crippen LogP) is 1.92. The van der Waals surface area contributed by atoms with Gasteiger partial charge in [-0.2, -0.15) is 0 Å². The first-order valence-corrected chi connectivity index (χ1v) is 5.74. The van der Waals surface area contributed by atoms with Crippen LogP contribution in [0.4, 0.5) is 0 Å². The lowest BCUT2D eigenvalue weighted by molar-refractivity contribution is -0.137. The van der Waals surface area contributed by atoms with E-state index in [0.717, 1.165) is 0 Å². The normalized spacial score (nSPS) is 12.4. The summed E-state index contributed by atoms with van der Waals surface area (Å²) >= 11 is 3.27. The number of carbonyl (C=O) groups excluding carboxylic acids is 2. The molecule has 1 aliphatic heterocycles. The zero-order chi connectivity index (χ0) is 12.4. The average Bonchev–Trinajstić information content (AvgIpc) is 2.79. The zero-order valence-corrected chi connectivity index (χ0v) is 10.6. The first-order valence-electron chi connectivity index (χ1n) is 4.94. The molecule has 0 aromatic heterocycles. The van der Waals surface area contributed by atoms with Gasteiger partial charge < -0.3 is 14.2 Å². The van der Waals surface area contributed by atoms with Crippen LogP contribution >= 0.6 is 15.9 Å². The highest BCUT2D eigenvalue weighted by Gasteiger charge is 2.28. The lowest BCUT2D eigenvalue weighted by Crippen LogP contribution is -2.18. The zero-order valence-electron chi connectivity index (χ0n) is 8.99. The van der Waals surface area contributed by atoms with Gasteiger partial charge in [-0.25, -0.2) is 4.79 Å².